The van der Waals surface area contributed by atoms with Crippen LogP contribution in [0, 0.1) is 0 Å². The molecule has 1 aromatic carbocycles. The van der Waals surface area contributed by atoms with Crippen molar-refractivity contribution in [3.8, 4) is 0 Å². The van der Waals surface area contributed by atoms with E-state index in [9.17, 15) is 4.79 Å². The summed E-state index contributed by atoms with van der Waals surface area (Å²) < 4.78 is 5.15. The van der Waals surface area contributed by atoms with Gasteiger partial charge >= 0.3 is 5.97 Å². The fraction of sp³-hybridized carbons (Fsp3) is 0.364. The Morgan fingerprint density at radius 1 is 1.38 bits per heavy atom. The van der Waals surface area contributed by atoms with Gasteiger partial charge in [0.05, 0.1) is 0 Å². The van der Waals surface area contributed by atoms with Crippen LogP contribution >= 0.6 is 0 Å². The molecule has 2 heteroatoms. The first-order valence-corrected chi connectivity index (χ1v) is 4.48. The summed E-state index contributed by atoms with van der Waals surface area (Å²) in [6, 6.07) is 9.72. The van der Waals surface area contributed by atoms with Crippen molar-refractivity contribution in [3.05, 3.63) is 35.9 Å². The minimum absolute atomic E-state index is 0.145. The van der Waals surface area contributed by atoms with E-state index in [0.717, 1.165) is 5.56 Å². The number of benzene rings is 1. The van der Waals surface area contributed by atoms with Gasteiger partial charge in [0.1, 0.15) is 6.10 Å². The van der Waals surface area contributed by atoms with Crippen LogP contribution in [-0.4, -0.2) is 5.97 Å². The highest BCUT2D eigenvalue weighted by Crippen LogP contribution is 2.16. The number of rotatable bonds is 3. The van der Waals surface area contributed by atoms with E-state index in [1.807, 2.05) is 37.3 Å². The van der Waals surface area contributed by atoms with Crippen molar-refractivity contribution in [3.63, 3.8) is 0 Å². The highest BCUT2D eigenvalue weighted by atomic mass is 16.5. The molecule has 1 rings (SSSR count). The zero-order chi connectivity index (χ0) is 9.68. The number of hydrogen-bond acceptors (Lipinski definition) is 2. The van der Waals surface area contributed by atoms with Crippen LogP contribution < -0.4 is 0 Å². The molecule has 0 aliphatic heterocycles. The lowest BCUT2D eigenvalue weighted by molar-refractivity contribution is -0.148. The van der Waals surface area contributed by atoms with E-state index in [-0.39, 0.29) is 12.1 Å². The highest BCUT2D eigenvalue weighted by Gasteiger charge is 2.08. The van der Waals surface area contributed by atoms with Crippen molar-refractivity contribution in [1.82, 2.24) is 0 Å². The minimum atomic E-state index is -0.156. The van der Waals surface area contributed by atoms with Crippen LogP contribution in [0.2, 0.25) is 0 Å². The normalized spacial score (nSPS) is 12.2. The van der Waals surface area contributed by atoms with Gasteiger partial charge in [-0.1, -0.05) is 37.3 Å². The van der Waals surface area contributed by atoms with Gasteiger partial charge in [0.15, 0.2) is 0 Å². The van der Waals surface area contributed by atoms with Crippen LogP contribution in [0.1, 0.15) is 31.9 Å². The first kappa shape index (κ1) is 9.78. The Bertz CT molecular complexity index is 267. The second-order valence-electron chi connectivity index (χ2n) is 2.90. The summed E-state index contributed by atoms with van der Waals surface area (Å²) in [6.45, 7) is 3.67. The van der Waals surface area contributed by atoms with Crippen LogP contribution in [0.15, 0.2) is 30.3 Å². The molecule has 0 aliphatic carbocycles. The Morgan fingerprint density at radius 3 is 2.54 bits per heavy atom. The molecule has 2 nitrogen and oxygen atoms in total. The molecule has 0 bridgehead atoms. The molecule has 1 aromatic rings. The summed E-state index contributed by atoms with van der Waals surface area (Å²) in [5, 5.41) is 0. The fourth-order valence-electron chi connectivity index (χ4n) is 1.07. The van der Waals surface area contributed by atoms with Crippen molar-refractivity contribution in [2.75, 3.05) is 0 Å². The minimum Gasteiger partial charge on any atom is -0.458 e. The zero-order valence-corrected chi connectivity index (χ0v) is 7.99. The average Bonchev–Trinajstić information content (AvgIpc) is 2.19. The molecule has 1 atom stereocenters. The van der Waals surface area contributed by atoms with E-state index in [1.165, 1.54) is 0 Å². The van der Waals surface area contributed by atoms with Gasteiger partial charge < -0.3 is 4.74 Å². The molecule has 0 aromatic heterocycles. The van der Waals surface area contributed by atoms with E-state index in [0.29, 0.717) is 6.42 Å². The molecular weight excluding hydrogens is 164 g/mol. The Balaban J connectivity index is 2.59. The summed E-state index contributed by atoms with van der Waals surface area (Å²) in [5.41, 5.74) is 1.03. The molecule has 0 amide bonds. The van der Waals surface area contributed by atoms with E-state index >= 15 is 0 Å². The summed E-state index contributed by atoms with van der Waals surface area (Å²) in [7, 11) is 0. The molecule has 0 fully saturated rings. The van der Waals surface area contributed by atoms with Crippen molar-refractivity contribution >= 4 is 5.97 Å². The summed E-state index contributed by atoms with van der Waals surface area (Å²) in [5.74, 6) is -0.156. The van der Waals surface area contributed by atoms with Crippen LogP contribution in [0.25, 0.3) is 0 Å². The Hall–Kier alpha value is -1.31. The maximum absolute atomic E-state index is 11.0. The van der Waals surface area contributed by atoms with Gasteiger partial charge in [-0.3, -0.25) is 4.79 Å². The molecule has 70 valence electrons. The summed E-state index contributed by atoms with van der Waals surface area (Å²) >= 11 is 0. The predicted octanol–water partition coefficient (Wildman–Crippen LogP) is 2.70. The average molecular weight is 178 g/mol. The summed E-state index contributed by atoms with van der Waals surface area (Å²) in [4.78, 5) is 11.0. The summed E-state index contributed by atoms with van der Waals surface area (Å²) in [6.07, 6.45) is 0.283. The third-order valence-corrected chi connectivity index (χ3v) is 1.87. The standard InChI is InChI=1S/C11H14O2/c1-3-11(12)13-9(2)10-7-5-4-6-8-10/h4-9H,3H2,1-2H3/t9-/m0/s1. The molecule has 0 unspecified atom stereocenters. The lowest BCUT2D eigenvalue weighted by atomic mass is 10.1. The predicted molar refractivity (Wildman–Crippen MR) is 51.2 cm³/mol. The third kappa shape index (κ3) is 2.90. The van der Waals surface area contributed by atoms with E-state index < -0.39 is 0 Å². The molecule has 0 N–H and O–H groups in total. The van der Waals surface area contributed by atoms with Gasteiger partial charge in [-0.2, -0.15) is 0 Å². The molecule has 0 radical (unpaired) electrons. The quantitative estimate of drug-likeness (QED) is 0.665. The fourth-order valence-corrected chi connectivity index (χ4v) is 1.07. The van der Waals surface area contributed by atoms with Gasteiger partial charge in [0.25, 0.3) is 0 Å². The second kappa shape index (κ2) is 4.65. The van der Waals surface area contributed by atoms with E-state index in [4.69, 9.17) is 4.74 Å². The lowest BCUT2D eigenvalue weighted by Gasteiger charge is -2.12. The molecule has 0 saturated carbocycles. The topological polar surface area (TPSA) is 26.3 Å². The number of carbonyl (C=O) groups excluding carboxylic acids is 1. The Labute approximate surface area is 78.5 Å². The van der Waals surface area contributed by atoms with E-state index in [1.54, 1.807) is 6.92 Å². The van der Waals surface area contributed by atoms with Crippen molar-refractivity contribution < 1.29 is 9.53 Å². The van der Waals surface area contributed by atoms with E-state index in [2.05, 4.69) is 0 Å². The Morgan fingerprint density at radius 2 is 2.00 bits per heavy atom. The van der Waals surface area contributed by atoms with Gasteiger partial charge in [0.2, 0.25) is 0 Å². The SMILES string of the molecule is CCC(=O)O[C@@H](C)c1ccccc1. The second-order valence-corrected chi connectivity index (χ2v) is 2.90. The number of hydrogen-bond donors (Lipinski definition) is 0. The van der Waals surface area contributed by atoms with Crippen molar-refractivity contribution in [1.29, 1.82) is 0 Å². The highest BCUT2D eigenvalue weighted by molar-refractivity contribution is 5.69. The first-order chi connectivity index (χ1) is 6.24. The third-order valence-electron chi connectivity index (χ3n) is 1.87. The van der Waals surface area contributed by atoms with Gasteiger partial charge in [-0.05, 0) is 12.5 Å². The van der Waals surface area contributed by atoms with Crippen molar-refractivity contribution in [2.45, 2.75) is 26.4 Å². The monoisotopic (exact) mass is 178 g/mol. The number of esters is 1. The van der Waals surface area contributed by atoms with Gasteiger partial charge in [-0.25, -0.2) is 0 Å². The smallest absolute Gasteiger partial charge is 0.306 e. The number of ether oxygens (including phenoxy) is 1. The van der Waals surface area contributed by atoms with Gasteiger partial charge in [0, 0.05) is 6.42 Å². The van der Waals surface area contributed by atoms with Crippen LogP contribution in [-0.2, 0) is 9.53 Å². The first-order valence-electron chi connectivity index (χ1n) is 4.48. The zero-order valence-electron chi connectivity index (χ0n) is 7.99. The molecule has 13 heavy (non-hydrogen) atoms. The number of carbonyl (C=O) groups is 1. The molecule has 0 heterocycles. The van der Waals surface area contributed by atoms with Crippen LogP contribution in [0.5, 0.6) is 0 Å². The molecule has 0 saturated heterocycles. The molecular formula is C11H14O2. The largest absolute Gasteiger partial charge is 0.458 e. The maximum Gasteiger partial charge on any atom is 0.306 e. The van der Waals surface area contributed by atoms with Gasteiger partial charge in [-0.15, -0.1) is 0 Å². The maximum atomic E-state index is 11.0. The lowest BCUT2D eigenvalue weighted by Crippen LogP contribution is -2.06. The van der Waals surface area contributed by atoms with Crippen molar-refractivity contribution in [2.24, 2.45) is 0 Å². The molecule has 0 aliphatic rings. The Kier molecular flexibility index (Phi) is 3.50. The van der Waals surface area contributed by atoms with Crippen LogP contribution in [0.3, 0.4) is 0 Å². The molecule has 0 spiro atoms. The van der Waals surface area contributed by atoms with Crippen LogP contribution in [0.4, 0.5) is 0 Å².